The minimum Gasteiger partial charge on any atom is -0.265 e. The summed E-state index contributed by atoms with van der Waals surface area (Å²) in [5, 5.41) is 4.44. The lowest BCUT2D eigenvalue weighted by Gasteiger charge is -2.04. The Morgan fingerprint density at radius 3 is 2.81 bits per heavy atom. The second-order valence-electron chi connectivity index (χ2n) is 4.40. The third-order valence-corrected chi connectivity index (χ3v) is 3.09. The van der Waals surface area contributed by atoms with Crippen molar-refractivity contribution in [2.75, 3.05) is 0 Å². The van der Waals surface area contributed by atoms with Crippen LogP contribution in [-0.4, -0.2) is 20.7 Å². The van der Waals surface area contributed by atoms with E-state index in [0.29, 0.717) is 16.6 Å². The molecule has 3 rings (SSSR count). The molecular formula is C14H10F2N4O. The summed E-state index contributed by atoms with van der Waals surface area (Å²) < 4.78 is 27.5. The molecule has 2 heterocycles. The van der Waals surface area contributed by atoms with Gasteiger partial charge in [-0.2, -0.15) is 10.6 Å². The first-order chi connectivity index (χ1) is 10.2. The fourth-order valence-electron chi connectivity index (χ4n) is 2.12. The van der Waals surface area contributed by atoms with E-state index in [1.54, 1.807) is 30.3 Å². The average Bonchev–Trinajstić information content (AvgIpc) is 2.88. The Bertz CT molecular complexity index is 816. The Balaban J connectivity index is 2.11. The quantitative estimate of drug-likeness (QED) is 0.752. The summed E-state index contributed by atoms with van der Waals surface area (Å²) in [6.07, 6.45) is 1.53. The predicted molar refractivity (Wildman–Crippen MR) is 71.6 cm³/mol. The molecule has 0 aliphatic rings. The average molecular weight is 288 g/mol. The largest absolute Gasteiger partial charge is 0.300 e. The lowest BCUT2D eigenvalue weighted by Crippen LogP contribution is -2.15. The SMILES string of the molecule is O=C(NF)c1nn(Cc2ccccc2F)c2ncccc12. The number of benzene rings is 1. The van der Waals surface area contributed by atoms with Crippen molar-refractivity contribution >= 4 is 16.9 Å². The fraction of sp³-hybridized carbons (Fsp3) is 0.0714. The molecule has 0 atom stereocenters. The normalized spacial score (nSPS) is 10.8. The van der Waals surface area contributed by atoms with Gasteiger partial charge in [-0.25, -0.2) is 14.1 Å². The van der Waals surface area contributed by atoms with Gasteiger partial charge in [-0.1, -0.05) is 22.7 Å². The molecule has 0 saturated heterocycles. The number of hydrogen-bond acceptors (Lipinski definition) is 3. The highest BCUT2D eigenvalue weighted by Gasteiger charge is 2.18. The van der Waals surface area contributed by atoms with Gasteiger partial charge in [0.2, 0.25) is 0 Å². The highest BCUT2D eigenvalue weighted by molar-refractivity contribution is 6.03. The highest BCUT2D eigenvalue weighted by Crippen LogP contribution is 2.18. The van der Waals surface area contributed by atoms with Crippen molar-refractivity contribution in [3.63, 3.8) is 0 Å². The molecule has 3 aromatic rings. The van der Waals surface area contributed by atoms with Crippen molar-refractivity contribution in [3.8, 4) is 0 Å². The van der Waals surface area contributed by atoms with Crippen LogP contribution >= 0.6 is 0 Å². The molecule has 0 aliphatic heterocycles. The van der Waals surface area contributed by atoms with Crippen molar-refractivity contribution < 1.29 is 13.7 Å². The minimum atomic E-state index is -0.958. The van der Waals surface area contributed by atoms with E-state index in [0.717, 1.165) is 5.54 Å². The number of halogens is 2. The second kappa shape index (κ2) is 5.28. The Labute approximate surface area is 118 Å². The lowest BCUT2D eigenvalue weighted by atomic mass is 10.2. The molecule has 0 aliphatic carbocycles. The number of nitrogens with one attached hydrogen (secondary N) is 1. The Hall–Kier alpha value is -2.83. The van der Waals surface area contributed by atoms with Gasteiger partial charge in [0, 0.05) is 11.8 Å². The Morgan fingerprint density at radius 2 is 2.05 bits per heavy atom. The van der Waals surface area contributed by atoms with Gasteiger partial charge < -0.3 is 0 Å². The zero-order valence-electron chi connectivity index (χ0n) is 10.8. The van der Waals surface area contributed by atoms with Crippen LogP contribution in [0.5, 0.6) is 0 Å². The number of carbonyl (C=O) groups is 1. The van der Waals surface area contributed by atoms with Gasteiger partial charge in [0.05, 0.1) is 11.9 Å². The molecule has 106 valence electrons. The summed E-state index contributed by atoms with van der Waals surface area (Å²) >= 11 is 0. The van der Waals surface area contributed by atoms with E-state index in [4.69, 9.17) is 0 Å². The van der Waals surface area contributed by atoms with Crippen molar-refractivity contribution in [2.45, 2.75) is 6.54 Å². The van der Waals surface area contributed by atoms with Crippen molar-refractivity contribution in [1.29, 1.82) is 0 Å². The third kappa shape index (κ3) is 2.33. The fourth-order valence-corrected chi connectivity index (χ4v) is 2.12. The van der Waals surface area contributed by atoms with E-state index in [1.807, 2.05) is 0 Å². The molecule has 0 bridgehead atoms. The van der Waals surface area contributed by atoms with Crippen LogP contribution in [0.3, 0.4) is 0 Å². The maximum atomic E-state index is 13.7. The highest BCUT2D eigenvalue weighted by atomic mass is 19.2. The number of amides is 1. The number of hydrogen-bond donors (Lipinski definition) is 1. The second-order valence-corrected chi connectivity index (χ2v) is 4.40. The smallest absolute Gasteiger partial charge is 0.265 e. The van der Waals surface area contributed by atoms with E-state index in [2.05, 4.69) is 10.1 Å². The zero-order chi connectivity index (χ0) is 14.8. The molecule has 1 aromatic carbocycles. The van der Waals surface area contributed by atoms with Crippen LogP contribution in [0.4, 0.5) is 8.87 Å². The van der Waals surface area contributed by atoms with Crippen LogP contribution in [0.2, 0.25) is 0 Å². The van der Waals surface area contributed by atoms with Gasteiger partial charge in [-0.15, -0.1) is 0 Å². The van der Waals surface area contributed by atoms with Crippen molar-refractivity contribution in [1.82, 2.24) is 20.3 Å². The van der Waals surface area contributed by atoms with Gasteiger partial charge >= 0.3 is 0 Å². The lowest BCUT2D eigenvalue weighted by molar-refractivity contribution is 0.0855. The molecule has 21 heavy (non-hydrogen) atoms. The van der Waals surface area contributed by atoms with Crippen LogP contribution in [-0.2, 0) is 6.54 Å². The molecule has 2 aromatic heterocycles. The first-order valence-corrected chi connectivity index (χ1v) is 6.16. The van der Waals surface area contributed by atoms with Crippen LogP contribution in [0, 0.1) is 5.82 Å². The number of pyridine rings is 1. The Morgan fingerprint density at radius 1 is 1.24 bits per heavy atom. The molecule has 7 heteroatoms. The van der Waals surface area contributed by atoms with Crippen LogP contribution in [0.1, 0.15) is 16.1 Å². The number of aromatic nitrogens is 3. The van der Waals surface area contributed by atoms with Crippen molar-refractivity contribution in [3.05, 3.63) is 59.7 Å². The minimum absolute atomic E-state index is 0.0862. The molecule has 0 spiro atoms. The summed E-state index contributed by atoms with van der Waals surface area (Å²) in [6.45, 7) is 0.0970. The summed E-state index contributed by atoms with van der Waals surface area (Å²) in [4.78, 5) is 15.6. The topological polar surface area (TPSA) is 59.8 Å². The molecule has 0 radical (unpaired) electrons. The molecule has 5 nitrogen and oxygen atoms in total. The number of fused-ring (bicyclic) bond motifs is 1. The van der Waals surface area contributed by atoms with E-state index in [9.17, 15) is 13.7 Å². The van der Waals surface area contributed by atoms with Crippen molar-refractivity contribution in [2.24, 2.45) is 0 Å². The molecular weight excluding hydrogens is 278 g/mol. The maximum absolute atomic E-state index is 13.7. The van der Waals surface area contributed by atoms with Crippen LogP contribution in [0.25, 0.3) is 11.0 Å². The zero-order valence-corrected chi connectivity index (χ0v) is 10.8. The number of rotatable bonds is 3. The first kappa shape index (κ1) is 13.2. The van der Waals surface area contributed by atoms with E-state index < -0.39 is 5.91 Å². The summed E-state index contributed by atoms with van der Waals surface area (Å²) in [5.74, 6) is -1.34. The van der Waals surface area contributed by atoms with E-state index in [-0.39, 0.29) is 18.1 Å². The molecule has 0 unspecified atom stereocenters. The third-order valence-electron chi connectivity index (χ3n) is 3.09. The summed E-state index contributed by atoms with van der Waals surface area (Å²) in [7, 11) is 0. The van der Waals surface area contributed by atoms with Crippen LogP contribution in [0.15, 0.2) is 42.6 Å². The van der Waals surface area contributed by atoms with Gasteiger partial charge in [-0.3, -0.25) is 4.79 Å². The first-order valence-electron chi connectivity index (χ1n) is 6.16. The number of nitrogens with zero attached hydrogens (tertiary/aromatic N) is 3. The molecule has 1 N–H and O–H groups in total. The van der Waals surface area contributed by atoms with Gasteiger partial charge in [0.1, 0.15) is 5.82 Å². The van der Waals surface area contributed by atoms with Gasteiger partial charge in [0.15, 0.2) is 11.3 Å². The van der Waals surface area contributed by atoms with E-state index in [1.165, 1.54) is 16.9 Å². The standard InChI is InChI=1S/C14H10F2N4O/c15-11-6-2-1-4-9(11)8-20-13-10(5-3-7-17-13)12(19-20)14(21)18-16/h1-7H,8H2,(H,18,21). The summed E-state index contributed by atoms with van der Waals surface area (Å²) in [6, 6.07) is 9.46. The molecule has 1 amide bonds. The van der Waals surface area contributed by atoms with E-state index >= 15 is 0 Å². The maximum Gasteiger partial charge on any atom is 0.300 e. The monoisotopic (exact) mass is 288 g/mol. The molecule has 0 saturated carbocycles. The number of carbonyl (C=O) groups excluding carboxylic acids is 1. The predicted octanol–water partition coefficient (Wildman–Crippen LogP) is 2.23. The van der Waals surface area contributed by atoms with Gasteiger partial charge in [-0.05, 0) is 18.2 Å². The molecule has 0 fully saturated rings. The van der Waals surface area contributed by atoms with Gasteiger partial charge in [0.25, 0.3) is 5.91 Å². The summed E-state index contributed by atoms with van der Waals surface area (Å²) in [5.41, 5.74) is 1.75. The van der Waals surface area contributed by atoms with Crippen LogP contribution < -0.4 is 5.54 Å². The Kier molecular flexibility index (Phi) is 3.31.